The van der Waals surface area contributed by atoms with Crippen LogP contribution in [0.4, 0.5) is 5.69 Å². The van der Waals surface area contributed by atoms with Crippen LogP contribution in [-0.4, -0.2) is 77.6 Å². The molecule has 0 spiro atoms. The van der Waals surface area contributed by atoms with Crippen molar-refractivity contribution in [2.24, 2.45) is 0 Å². The van der Waals surface area contributed by atoms with Crippen molar-refractivity contribution in [3.8, 4) is 0 Å². The number of carbonyl (C=O) groups excluding carboxylic acids is 2. The first-order valence-corrected chi connectivity index (χ1v) is 11.0. The van der Waals surface area contributed by atoms with E-state index >= 15 is 0 Å². The Bertz CT molecular complexity index is 834. The van der Waals surface area contributed by atoms with Crippen LogP contribution in [0.5, 0.6) is 0 Å². The fourth-order valence-electron chi connectivity index (χ4n) is 2.80. The Labute approximate surface area is 172 Å². The molecule has 2 rings (SSSR count). The lowest BCUT2D eigenvalue weighted by Crippen LogP contribution is -2.38. The van der Waals surface area contributed by atoms with Gasteiger partial charge in [-0.25, -0.2) is 17.5 Å². The number of hydrogen-bond acceptors (Lipinski definition) is 7. The number of ether oxygens (including phenoxy) is 2. The molecule has 1 saturated heterocycles. The number of amides is 1. The summed E-state index contributed by atoms with van der Waals surface area (Å²) < 4.78 is 36.8. The van der Waals surface area contributed by atoms with Gasteiger partial charge in [-0.1, -0.05) is 6.92 Å². The molecule has 9 nitrogen and oxygen atoms in total. The molecule has 1 amide bonds. The van der Waals surface area contributed by atoms with Crippen molar-refractivity contribution in [2.75, 3.05) is 51.8 Å². The summed E-state index contributed by atoms with van der Waals surface area (Å²) in [6.45, 7) is 6.01. The average molecular weight is 428 g/mol. The lowest BCUT2D eigenvalue weighted by molar-refractivity contribution is -0.129. The Kier molecular flexibility index (Phi) is 8.00. The smallest absolute Gasteiger partial charge is 0.341 e. The molecule has 1 heterocycles. The van der Waals surface area contributed by atoms with Gasteiger partial charge < -0.3 is 19.7 Å². The molecule has 162 valence electrons. The molecule has 0 saturated carbocycles. The van der Waals surface area contributed by atoms with Crippen LogP contribution in [0, 0.1) is 0 Å². The summed E-state index contributed by atoms with van der Waals surface area (Å²) in [5.74, 6) is -1.15. The van der Waals surface area contributed by atoms with Gasteiger partial charge >= 0.3 is 5.97 Å². The first kappa shape index (κ1) is 23.1. The standard InChI is InChI=1S/C19H29N3O6S/c1-5-8-20-18(23)14(2)28-19(24)16-13-15(29(25,26)21(3)4)6-7-17(16)22-9-11-27-12-10-22/h6-7,13-14H,5,8-12H2,1-4H3,(H,20,23)/t14-/m0/s1. The van der Waals surface area contributed by atoms with Gasteiger partial charge in [0.1, 0.15) is 0 Å². The lowest BCUT2D eigenvalue weighted by Gasteiger charge is -2.30. The molecule has 29 heavy (non-hydrogen) atoms. The van der Waals surface area contributed by atoms with Crippen molar-refractivity contribution < 1.29 is 27.5 Å². The van der Waals surface area contributed by atoms with Crippen LogP contribution in [0.3, 0.4) is 0 Å². The van der Waals surface area contributed by atoms with E-state index in [-0.39, 0.29) is 10.5 Å². The Morgan fingerprint density at radius 2 is 1.93 bits per heavy atom. The first-order chi connectivity index (χ1) is 13.7. The van der Waals surface area contributed by atoms with Gasteiger partial charge in [0.05, 0.1) is 29.4 Å². The molecule has 0 radical (unpaired) electrons. The van der Waals surface area contributed by atoms with E-state index in [1.807, 2.05) is 11.8 Å². The van der Waals surface area contributed by atoms with Gasteiger partial charge in [-0.3, -0.25) is 4.79 Å². The Balaban J connectivity index is 2.36. The predicted octanol–water partition coefficient (Wildman–Crippen LogP) is 0.845. The summed E-state index contributed by atoms with van der Waals surface area (Å²) in [6, 6.07) is 4.37. The SMILES string of the molecule is CCCNC(=O)[C@H](C)OC(=O)c1cc(S(=O)(=O)N(C)C)ccc1N1CCOCC1. The molecule has 1 aliphatic heterocycles. The van der Waals surface area contributed by atoms with Gasteiger partial charge in [-0.2, -0.15) is 0 Å². The van der Waals surface area contributed by atoms with E-state index in [2.05, 4.69) is 5.32 Å². The number of sulfonamides is 1. The van der Waals surface area contributed by atoms with Crippen LogP contribution < -0.4 is 10.2 Å². The third-order valence-electron chi connectivity index (χ3n) is 4.52. The number of rotatable bonds is 8. The lowest BCUT2D eigenvalue weighted by atomic mass is 10.1. The fraction of sp³-hybridized carbons (Fsp3) is 0.579. The summed E-state index contributed by atoms with van der Waals surface area (Å²) in [7, 11) is -0.894. The minimum absolute atomic E-state index is 0.0189. The molecule has 0 aromatic heterocycles. The molecular weight excluding hydrogens is 398 g/mol. The predicted molar refractivity (Wildman–Crippen MR) is 109 cm³/mol. The first-order valence-electron chi connectivity index (χ1n) is 9.56. The molecule has 10 heteroatoms. The number of nitrogens with zero attached hydrogens (tertiary/aromatic N) is 2. The number of esters is 1. The molecule has 0 bridgehead atoms. The van der Waals surface area contributed by atoms with Gasteiger partial charge in [0, 0.05) is 33.7 Å². The normalized spacial score (nSPS) is 15.8. The van der Waals surface area contributed by atoms with Crippen molar-refractivity contribution in [1.29, 1.82) is 0 Å². The Morgan fingerprint density at radius 3 is 2.52 bits per heavy atom. The summed E-state index contributed by atoms with van der Waals surface area (Å²) in [6.07, 6.45) is -0.237. The topological polar surface area (TPSA) is 105 Å². The molecule has 0 unspecified atom stereocenters. The van der Waals surface area contributed by atoms with Crippen LogP contribution in [0.25, 0.3) is 0 Å². The highest BCUT2D eigenvalue weighted by atomic mass is 32.2. The summed E-state index contributed by atoms with van der Waals surface area (Å²) in [5, 5.41) is 2.67. The van der Waals surface area contributed by atoms with Crippen molar-refractivity contribution >= 4 is 27.6 Å². The second kappa shape index (κ2) is 10.0. The molecular formula is C19H29N3O6S. The second-order valence-electron chi connectivity index (χ2n) is 6.90. The number of anilines is 1. The van der Waals surface area contributed by atoms with Gasteiger partial charge in [-0.15, -0.1) is 0 Å². The quantitative estimate of drug-likeness (QED) is 0.613. The zero-order valence-corrected chi connectivity index (χ0v) is 18.1. The molecule has 1 aromatic rings. The van der Waals surface area contributed by atoms with E-state index in [0.29, 0.717) is 38.5 Å². The Morgan fingerprint density at radius 1 is 1.28 bits per heavy atom. The van der Waals surface area contributed by atoms with E-state index in [1.165, 1.54) is 33.2 Å². The monoisotopic (exact) mass is 427 g/mol. The highest BCUT2D eigenvalue weighted by Crippen LogP contribution is 2.27. The van der Waals surface area contributed by atoms with Gasteiger partial charge in [0.15, 0.2) is 6.10 Å². The van der Waals surface area contributed by atoms with Crippen molar-refractivity contribution in [3.05, 3.63) is 23.8 Å². The molecule has 1 fully saturated rings. The van der Waals surface area contributed by atoms with Crippen LogP contribution in [0.15, 0.2) is 23.1 Å². The number of morpholine rings is 1. The third kappa shape index (κ3) is 5.68. The number of benzene rings is 1. The van der Waals surface area contributed by atoms with Gasteiger partial charge in [0.25, 0.3) is 5.91 Å². The maximum absolute atomic E-state index is 12.9. The number of carbonyl (C=O) groups is 2. The zero-order chi connectivity index (χ0) is 21.6. The summed E-state index contributed by atoms with van der Waals surface area (Å²) in [5.41, 5.74) is 0.655. The maximum atomic E-state index is 12.9. The van der Waals surface area contributed by atoms with Crippen LogP contribution in [0.1, 0.15) is 30.6 Å². The minimum Gasteiger partial charge on any atom is -0.449 e. The highest BCUT2D eigenvalue weighted by molar-refractivity contribution is 7.89. The van der Waals surface area contributed by atoms with Crippen LogP contribution in [0.2, 0.25) is 0 Å². The van der Waals surface area contributed by atoms with E-state index in [0.717, 1.165) is 10.7 Å². The van der Waals surface area contributed by atoms with Crippen LogP contribution in [-0.2, 0) is 24.3 Å². The summed E-state index contributed by atoms with van der Waals surface area (Å²) in [4.78, 5) is 26.8. The largest absolute Gasteiger partial charge is 0.449 e. The molecule has 1 aliphatic rings. The van der Waals surface area contributed by atoms with E-state index in [1.54, 1.807) is 6.07 Å². The fourth-order valence-corrected chi connectivity index (χ4v) is 3.73. The average Bonchev–Trinajstić information content (AvgIpc) is 2.71. The maximum Gasteiger partial charge on any atom is 0.341 e. The van der Waals surface area contributed by atoms with E-state index < -0.39 is 28.0 Å². The number of nitrogens with one attached hydrogen (secondary N) is 1. The molecule has 1 atom stereocenters. The summed E-state index contributed by atoms with van der Waals surface area (Å²) >= 11 is 0. The van der Waals surface area contributed by atoms with Crippen molar-refractivity contribution in [3.63, 3.8) is 0 Å². The molecule has 0 aliphatic carbocycles. The van der Waals surface area contributed by atoms with Gasteiger partial charge in [-0.05, 0) is 31.5 Å². The van der Waals surface area contributed by atoms with E-state index in [9.17, 15) is 18.0 Å². The minimum atomic E-state index is -3.73. The molecule has 1 aromatic carbocycles. The van der Waals surface area contributed by atoms with Crippen LogP contribution >= 0.6 is 0 Å². The highest BCUT2D eigenvalue weighted by Gasteiger charge is 2.27. The third-order valence-corrected chi connectivity index (χ3v) is 6.33. The van der Waals surface area contributed by atoms with Crippen molar-refractivity contribution in [2.45, 2.75) is 31.3 Å². The second-order valence-corrected chi connectivity index (χ2v) is 9.06. The van der Waals surface area contributed by atoms with Gasteiger partial charge in [0.2, 0.25) is 10.0 Å². The molecule has 1 N–H and O–H groups in total. The Hall–Kier alpha value is -2.17. The number of hydrogen-bond donors (Lipinski definition) is 1. The zero-order valence-electron chi connectivity index (χ0n) is 17.3. The van der Waals surface area contributed by atoms with E-state index in [4.69, 9.17) is 9.47 Å². The van der Waals surface area contributed by atoms with Crippen molar-refractivity contribution in [1.82, 2.24) is 9.62 Å².